The van der Waals surface area contributed by atoms with Crippen LogP contribution in [0.2, 0.25) is 0 Å². The highest BCUT2D eigenvalue weighted by Gasteiger charge is 2.21. The van der Waals surface area contributed by atoms with Crippen LogP contribution in [0.4, 0.5) is 9.39 Å². The van der Waals surface area contributed by atoms with Crippen LogP contribution in [0.5, 0.6) is 11.6 Å². The number of halogens is 1. The summed E-state index contributed by atoms with van der Waals surface area (Å²) in [5.74, 6) is 0.448. The summed E-state index contributed by atoms with van der Waals surface area (Å²) in [5.41, 5.74) is 3.00. The van der Waals surface area contributed by atoms with Crippen LogP contribution in [-0.2, 0) is 11.3 Å². The Hall–Kier alpha value is -3.75. The summed E-state index contributed by atoms with van der Waals surface area (Å²) in [5, 5.41) is 4.08. The minimum Gasteiger partial charge on any atom is -0.439 e. The first-order valence-corrected chi connectivity index (χ1v) is 12.2. The van der Waals surface area contributed by atoms with Crippen molar-refractivity contribution in [1.82, 2.24) is 10.3 Å². The van der Waals surface area contributed by atoms with Crippen molar-refractivity contribution in [2.75, 3.05) is 31.2 Å². The second-order valence-electron chi connectivity index (χ2n) is 8.04. The highest BCUT2D eigenvalue weighted by molar-refractivity contribution is 7.18. The van der Waals surface area contributed by atoms with E-state index in [-0.39, 0.29) is 11.7 Å². The Morgan fingerprint density at radius 3 is 2.54 bits per heavy atom. The minimum atomic E-state index is -0.324. The molecule has 3 heterocycles. The molecule has 2 aromatic carbocycles. The smallest absolute Gasteiger partial charge is 0.261 e. The van der Waals surface area contributed by atoms with E-state index >= 15 is 0 Å². The molecule has 0 atom stereocenters. The van der Waals surface area contributed by atoms with Crippen molar-refractivity contribution in [2.45, 2.75) is 6.54 Å². The predicted molar refractivity (Wildman–Crippen MR) is 135 cm³/mol. The van der Waals surface area contributed by atoms with Gasteiger partial charge in [0.05, 0.1) is 23.1 Å². The largest absolute Gasteiger partial charge is 0.439 e. The van der Waals surface area contributed by atoms with Gasteiger partial charge >= 0.3 is 0 Å². The molecule has 0 unspecified atom stereocenters. The van der Waals surface area contributed by atoms with E-state index in [4.69, 9.17) is 9.47 Å². The molecule has 6 nitrogen and oxygen atoms in total. The number of nitrogens with one attached hydrogen (secondary N) is 1. The molecule has 8 heteroatoms. The van der Waals surface area contributed by atoms with Crippen LogP contribution in [-0.4, -0.2) is 37.2 Å². The van der Waals surface area contributed by atoms with E-state index in [2.05, 4.69) is 27.3 Å². The zero-order valence-electron chi connectivity index (χ0n) is 18.9. The third-order valence-electron chi connectivity index (χ3n) is 5.61. The number of amides is 1. The Bertz CT molecular complexity index is 1270. The maximum Gasteiger partial charge on any atom is 0.261 e. The first-order valence-electron chi connectivity index (χ1n) is 11.3. The second-order valence-corrected chi connectivity index (χ2v) is 9.07. The molecule has 1 fully saturated rings. The van der Waals surface area contributed by atoms with E-state index in [1.54, 1.807) is 24.4 Å². The van der Waals surface area contributed by atoms with E-state index in [0.717, 1.165) is 34.8 Å². The topological polar surface area (TPSA) is 63.7 Å². The number of aromatic nitrogens is 1. The van der Waals surface area contributed by atoms with E-state index in [1.165, 1.54) is 23.5 Å². The SMILES string of the molecule is O=C(NCc1ccc(Oc2ccc(F)cc2)nc1)c1cc(-c2ccccc2)c(N2CCOCC2)s1. The molecule has 1 aliphatic heterocycles. The fourth-order valence-corrected chi connectivity index (χ4v) is 4.94. The number of carbonyl (C=O) groups is 1. The third kappa shape index (κ3) is 5.67. The van der Waals surface area contributed by atoms with Crippen molar-refractivity contribution in [3.05, 3.63) is 95.3 Å². The molecule has 0 spiro atoms. The lowest BCUT2D eigenvalue weighted by Gasteiger charge is -2.28. The van der Waals surface area contributed by atoms with Crippen LogP contribution in [0, 0.1) is 5.82 Å². The van der Waals surface area contributed by atoms with Gasteiger partial charge in [0.15, 0.2) is 0 Å². The molecule has 0 bridgehead atoms. The first kappa shape index (κ1) is 23.0. The Morgan fingerprint density at radius 1 is 1.06 bits per heavy atom. The van der Waals surface area contributed by atoms with Crippen molar-refractivity contribution < 1.29 is 18.7 Å². The second kappa shape index (κ2) is 10.7. The maximum atomic E-state index is 13.0. The summed E-state index contributed by atoms with van der Waals surface area (Å²) in [6, 6.07) is 21.4. The molecule has 1 saturated heterocycles. The number of hydrogen-bond acceptors (Lipinski definition) is 6. The highest BCUT2D eigenvalue weighted by atomic mass is 32.1. The van der Waals surface area contributed by atoms with Gasteiger partial charge < -0.3 is 19.7 Å². The van der Waals surface area contributed by atoms with Crippen LogP contribution in [0.1, 0.15) is 15.2 Å². The van der Waals surface area contributed by atoms with Crippen molar-refractivity contribution in [3.63, 3.8) is 0 Å². The van der Waals surface area contributed by atoms with Crippen molar-refractivity contribution in [1.29, 1.82) is 0 Å². The van der Waals surface area contributed by atoms with Gasteiger partial charge in [-0.25, -0.2) is 9.37 Å². The summed E-state index contributed by atoms with van der Waals surface area (Å²) < 4.78 is 24.2. The fourth-order valence-electron chi connectivity index (χ4n) is 3.79. The molecule has 5 rings (SSSR count). The lowest BCUT2D eigenvalue weighted by Crippen LogP contribution is -2.35. The molecule has 0 aliphatic carbocycles. The average Bonchev–Trinajstić information content (AvgIpc) is 3.36. The van der Waals surface area contributed by atoms with Gasteiger partial charge in [-0.2, -0.15) is 0 Å². The molecule has 0 radical (unpaired) electrons. The van der Waals surface area contributed by atoms with Gasteiger partial charge in [0.25, 0.3) is 5.91 Å². The van der Waals surface area contributed by atoms with Gasteiger partial charge in [0, 0.05) is 37.5 Å². The third-order valence-corrected chi connectivity index (χ3v) is 6.80. The standard InChI is InChI=1S/C27H24FN3O3S/c28-21-7-9-22(10-8-21)34-25-11-6-19(17-29-25)18-30-26(32)24-16-23(20-4-2-1-3-5-20)27(35-24)31-12-14-33-15-13-31/h1-11,16-17H,12-15,18H2,(H,30,32). The summed E-state index contributed by atoms with van der Waals surface area (Å²) >= 11 is 1.50. The van der Waals surface area contributed by atoms with E-state index in [9.17, 15) is 9.18 Å². The number of morpholine rings is 1. The highest BCUT2D eigenvalue weighted by Crippen LogP contribution is 2.39. The van der Waals surface area contributed by atoms with E-state index in [1.807, 2.05) is 30.3 Å². The quantitative estimate of drug-likeness (QED) is 0.371. The summed E-state index contributed by atoms with van der Waals surface area (Å²) in [7, 11) is 0. The van der Waals surface area contributed by atoms with Crippen molar-refractivity contribution in [2.24, 2.45) is 0 Å². The number of nitrogens with zero attached hydrogens (tertiary/aromatic N) is 2. The molecule has 178 valence electrons. The minimum absolute atomic E-state index is 0.127. The fraction of sp³-hybridized carbons (Fsp3) is 0.185. The molecule has 0 saturated carbocycles. The summed E-state index contributed by atoms with van der Waals surface area (Å²) in [6.07, 6.45) is 1.65. The number of benzene rings is 2. The van der Waals surface area contributed by atoms with E-state index < -0.39 is 0 Å². The lowest BCUT2D eigenvalue weighted by molar-refractivity contribution is 0.0955. The van der Waals surface area contributed by atoms with Gasteiger partial charge in [-0.15, -0.1) is 11.3 Å². The number of carbonyl (C=O) groups excluding carboxylic acids is 1. The predicted octanol–water partition coefficient (Wildman–Crippen LogP) is 5.51. The zero-order chi connectivity index (χ0) is 24.0. The van der Waals surface area contributed by atoms with Crippen LogP contribution >= 0.6 is 11.3 Å². The summed E-state index contributed by atoms with van der Waals surface area (Å²) in [4.78, 5) is 20.2. The molecule has 2 aromatic heterocycles. The molecule has 1 aliphatic rings. The van der Waals surface area contributed by atoms with Crippen LogP contribution < -0.4 is 15.0 Å². The van der Waals surface area contributed by atoms with Gasteiger partial charge in [-0.3, -0.25) is 4.79 Å². The molecular weight excluding hydrogens is 465 g/mol. The molecule has 1 N–H and O–H groups in total. The van der Waals surface area contributed by atoms with Crippen molar-refractivity contribution >= 4 is 22.2 Å². The van der Waals surface area contributed by atoms with Gasteiger partial charge in [-0.05, 0) is 41.5 Å². The zero-order valence-corrected chi connectivity index (χ0v) is 19.8. The van der Waals surface area contributed by atoms with Crippen LogP contribution in [0.25, 0.3) is 11.1 Å². The van der Waals surface area contributed by atoms with Gasteiger partial charge in [0.2, 0.25) is 5.88 Å². The Morgan fingerprint density at radius 2 is 1.83 bits per heavy atom. The maximum absolute atomic E-state index is 13.0. The normalized spacial score (nSPS) is 13.5. The molecule has 35 heavy (non-hydrogen) atoms. The molecular formula is C27H24FN3O3S. The Balaban J connectivity index is 1.26. The monoisotopic (exact) mass is 489 g/mol. The number of ether oxygens (including phenoxy) is 2. The number of thiophene rings is 1. The van der Waals surface area contributed by atoms with E-state index in [0.29, 0.717) is 36.3 Å². The van der Waals surface area contributed by atoms with Crippen LogP contribution in [0.3, 0.4) is 0 Å². The average molecular weight is 490 g/mol. The van der Waals surface area contributed by atoms with Gasteiger partial charge in [0.1, 0.15) is 11.6 Å². The number of rotatable bonds is 7. The number of hydrogen-bond donors (Lipinski definition) is 1. The lowest BCUT2D eigenvalue weighted by atomic mass is 10.1. The Labute approximate surface area is 207 Å². The van der Waals surface area contributed by atoms with Crippen molar-refractivity contribution in [3.8, 4) is 22.8 Å². The number of anilines is 1. The molecule has 1 amide bonds. The van der Waals surface area contributed by atoms with Gasteiger partial charge in [-0.1, -0.05) is 36.4 Å². The molecule has 4 aromatic rings. The first-order chi connectivity index (χ1) is 17.2. The summed E-state index contributed by atoms with van der Waals surface area (Å²) in [6.45, 7) is 3.32. The van der Waals surface area contributed by atoms with Crippen LogP contribution in [0.15, 0.2) is 79.0 Å². The Kier molecular flexibility index (Phi) is 7.02. The number of pyridine rings is 1.